The molecule has 0 radical (unpaired) electrons. The lowest BCUT2D eigenvalue weighted by Gasteiger charge is -2.21. The Kier molecular flexibility index (Phi) is 4.01. The molecule has 1 aromatic carbocycles. The summed E-state index contributed by atoms with van der Waals surface area (Å²) in [7, 11) is 0. The van der Waals surface area contributed by atoms with Crippen LogP contribution in [0.25, 0.3) is 0 Å². The van der Waals surface area contributed by atoms with Gasteiger partial charge in [-0.05, 0) is 53.8 Å². The van der Waals surface area contributed by atoms with Gasteiger partial charge in [0.25, 0.3) is 0 Å². The second kappa shape index (κ2) is 6.17. The quantitative estimate of drug-likeness (QED) is 0.770. The number of hydrogen-bond acceptors (Lipinski definition) is 3. The third-order valence-electron chi connectivity index (χ3n) is 4.85. The van der Waals surface area contributed by atoms with Crippen molar-refractivity contribution in [3.8, 4) is 0 Å². The number of nitrogens with zero attached hydrogens (tertiary/aromatic N) is 2. The molecule has 1 atom stereocenters. The van der Waals surface area contributed by atoms with Crippen LogP contribution in [0.3, 0.4) is 0 Å². The largest absolute Gasteiger partial charge is 0.273 e. The predicted molar refractivity (Wildman–Crippen MR) is 98.5 cm³/mol. The van der Waals surface area contributed by atoms with Crippen molar-refractivity contribution in [1.82, 2.24) is 5.01 Å². The molecule has 4 rings (SSSR count). The Morgan fingerprint density at radius 3 is 2.54 bits per heavy atom. The first-order chi connectivity index (χ1) is 11.7. The second-order valence-corrected chi connectivity index (χ2v) is 7.70. The third-order valence-corrected chi connectivity index (χ3v) is 5.95. The van der Waals surface area contributed by atoms with Crippen LogP contribution >= 0.6 is 11.3 Å². The monoisotopic (exact) mass is 338 g/mol. The molecule has 1 saturated carbocycles. The van der Waals surface area contributed by atoms with Crippen LogP contribution < -0.4 is 0 Å². The van der Waals surface area contributed by atoms with E-state index < -0.39 is 0 Å². The molecule has 3 nitrogen and oxygen atoms in total. The Hall–Kier alpha value is -1.94. The molecule has 1 amide bonds. The van der Waals surface area contributed by atoms with Crippen LogP contribution in [0.5, 0.6) is 0 Å². The van der Waals surface area contributed by atoms with E-state index in [-0.39, 0.29) is 11.9 Å². The minimum Gasteiger partial charge on any atom is -0.273 e. The molecule has 0 N–H and O–H groups in total. The predicted octanol–water partition coefficient (Wildman–Crippen LogP) is 5.02. The lowest BCUT2D eigenvalue weighted by Crippen LogP contribution is -2.26. The van der Waals surface area contributed by atoms with Crippen molar-refractivity contribution in [1.29, 1.82) is 0 Å². The lowest BCUT2D eigenvalue weighted by molar-refractivity contribution is -0.132. The lowest BCUT2D eigenvalue weighted by atomic mass is 9.98. The molecular weight excluding hydrogens is 316 g/mol. The van der Waals surface area contributed by atoms with Gasteiger partial charge in [-0.1, -0.05) is 31.2 Å². The Balaban J connectivity index is 1.62. The normalized spacial score (nSPS) is 20.3. The molecule has 0 spiro atoms. The van der Waals surface area contributed by atoms with Gasteiger partial charge in [-0.25, -0.2) is 5.01 Å². The van der Waals surface area contributed by atoms with Gasteiger partial charge in [-0.3, -0.25) is 4.79 Å². The fraction of sp³-hybridized carbons (Fsp3) is 0.400. The van der Waals surface area contributed by atoms with Crippen LogP contribution in [0.15, 0.2) is 40.8 Å². The second-order valence-electron chi connectivity index (χ2n) is 6.79. The first-order valence-corrected chi connectivity index (χ1v) is 9.58. The molecule has 2 aliphatic rings. The number of carbonyl (C=O) groups is 1. The summed E-state index contributed by atoms with van der Waals surface area (Å²) < 4.78 is 0. The highest BCUT2D eigenvalue weighted by molar-refractivity contribution is 7.12. The summed E-state index contributed by atoms with van der Waals surface area (Å²) in [5.74, 6) is 0.853. The number of amides is 1. The number of aryl methyl sites for hydroxylation is 1. The summed E-state index contributed by atoms with van der Waals surface area (Å²) in [5.41, 5.74) is 4.91. The van der Waals surface area contributed by atoms with Crippen molar-refractivity contribution in [2.45, 2.75) is 51.5 Å². The average molecular weight is 338 g/mol. The number of thiophene rings is 1. The maximum Gasteiger partial charge on any atom is 0.242 e. The number of carbonyl (C=O) groups excluding carboxylic acids is 1. The van der Waals surface area contributed by atoms with Crippen LogP contribution in [0, 0.1) is 6.92 Å². The number of hydrogen-bond donors (Lipinski definition) is 0. The van der Waals surface area contributed by atoms with Crippen LogP contribution in [0.4, 0.5) is 0 Å². The third kappa shape index (κ3) is 2.91. The maximum absolute atomic E-state index is 12.4. The first-order valence-electron chi connectivity index (χ1n) is 8.70. The Morgan fingerprint density at radius 2 is 1.96 bits per heavy atom. The summed E-state index contributed by atoms with van der Waals surface area (Å²) in [6, 6.07) is 11.0. The van der Waals surface area contributed by atoms with Gasteiger partial charge < -0.3 is 0 Å². The van der Waals surface area contributed by atoms with Gasteiger partial charge >= 0.3 is 0 Å². The summed E-state index contributed by atoms with van der Waals surface area (Å²) in [4.78, 5) is 13.6. The molecule has 1 unspecified atom stereocenters. The minimum absolute atomic E-state index is 0.0307. The highest BCUT2D eigenvalue weighted by atomic mass is 32.1. The van der Waals surface area contributed by atoms with E-state index in [9.17, 15) is 4.79 Å². The van der Waals surface area contributed by atoms with Gasteiger partial charge in [0.1, 0.15) is 0 Å². The van der Waals surface area contributed by atoms with Gasteiger partial charge in [-0.2, -0.15) is 5.10 Å². The molecule has 2 aromatic rings. The molecule has 4 heteroatoms. The molecule has 0 bridgehead atoms. The molecule has 24 heavy (non-hydrogen) atoms. The Bertz CT molecular complexity index is 786. The first kappa shape index (κ1) is 15.6. The molecule has 0 saturated heterocycles. The fourth-order valence-corrected chi connectivity index (χ4v) is 4.20. The molecule has 1 aliphatic heterocycles. The van der Waals surface area contributed by atoms with Crippen molar-refractivity contribution in [3.05, 3.63) is 57.3 Å². The van der Waals surface area contributed by atoms with Crippen molar-refractivity contribution in [3.63, 3.8) is 0 Å². The topological polar surface area (TPSA) is 32.7 Å². The molecule has 1 fully saturated rings. The van der Waals surface area contributed by atoms with Crippen LogP contribution in [0.1, 0.15) is 66.1 Å². The highest BCUT2D eigenvalue weighted by Crippen LogP contribution is 2.41. The fourth-order valence-electron chi connectivity index (χ4n) is 3.30. The van der Waals surface area contributed by atoms with E-state index in [0.717, 1.165) is 18.1 Å². The van der Waals surface area contributed by atoms with Gasteiger partial charge in [-0.15, -0.1) is 11.3 Å². The smallest absolute Gasteiger partial charge is 0.242 e. The number of benzene rings is 1. The molecular formula is C20H22N2OS. The highest BCUT2D eigenvalue weighted by Gasteiger charge is 2.33. The summed E-state index contributed by atoms with van der Waals surface area (Å²) in [6.07, 6.45) is 3.91. The van der Waals surface area contributed by atoms with Crippen molar-refractivity contribution < 1.29 is 4.79 Å². The van der Waals surface area contributed by atoms with Gasteiger partial charge in [0.2, 0.25) is 5.91 Å². The maximum atomic E-state index is 12.4. The zero-order chi connectivity index (χ0) is 16.7. The van der Waals surface area contributed by atoms with E-state index in [1.165, 1.54) is 34.4 Å². The molecule has 1 aromatic heterocycles. The van der Waals surface area contributed by atoms with Crippen LogP contribution in [-0.2, 0) is 4.79 Å². The minimum atomic E-state index is 0.0307. The SMILES string of the molecule is CCC(=O)N1N=C(c2cc(C)cs2)CC1c1ccc(C2CC2)cc1. The van der Waals surface area contributed by atoms with E-state index in [1.54, 1.807) is 16.3 Å². The Morgan fingerprint density at radius 1 is 1.25 bits per heavy atom. The van der Waals surface area contributed by atoms with E-state index in [1.807, 2.05) is 6.92 Å². The van der Waals surface area contributed by atoms with E-state index >= 15 is 0 Å². The number of hydrazone groups is 1. The van der Waals surface area contributed by atoms with E-state index in [4.69, 9.17) is 0 Å². The van der Waals surface area contributed by atoms with Crippen molar-refractivity contribution in [2.24, 2.45) is 5.10 Å². The zero-order valence-corrected chi connectivity index (χ0v) is 15.0. The zero-order valence-electron chi connectivity index (χ0n) is 14.2. The summed E-state index contributed by atoms with van der Waals surface area (Å²) >= 11 is 1.71. The van der Waals surface area contributed by atoms with E-state index in [2.05, 4.69) is 47.7 Å². The molecule has 124 valence electrons. The van der Waals surface area contributed by atoms with Gasteiger partial charge in [0.15, 0.2) is 0 Å². The van der Waals surface area contributed by atoms with Crippen LogP contribution in [-0.4, -0.2) is 16.6 Å². The van der Waals surface area contributed by atoms with Crippen molar-refractivity contribution in [2.75, 3.05) is 0 Å². The standard InChI is InChI=1S/C20H22N2OS/c1-3-20(23)22-18(11-17(21-22)19-10-13(2)12-24-19)16-8-6-15(7-9-16)14-4-5-14/h6-10,12,14,18H,3-5,11H2,1-2H3. The van der Waals surface area contributed by atoms with Crippen molar-refractivity contribution >= 4 is 23.0 Å². The summed E-state index contributed by atoms with van der Waals surface area (Å²) in [5, 5.41) is 8.53. The van der Waals surface area contributed by atoms with E-state index in [0.29, 0.717) is 6.42 Å². The summed E-state index contributed by atoms with van der Waals surface area (Å²) in [6.45, 7) is 4.00. The van der Waals surface area contributed by atoms with Crippen LogP contribution in [0.2, 0.25) is 0 Å². The number of rotatable bonds is 4. The molecule has 1 aliphatic carbocycles. The average Bonchev–Trinajstić information content (AvgIpc) is 3.21. The van der Waals surface area contributed by atoms with Gasteiger partial charge in [0.05, 0.1) is 16.6 Å². The Labute approximate surface area is 147 Å². The molecule has 2 heterocycles. The van der Waals surface area contributed by atoms with Gasteiger partial charge in [0, 0.05) is 12.8 Å².